The first-order valence-electron chi connectivity index (χ1n) is 7.72. The van der Waals surface area contributed by atoms with Crippen molar-refractivity contribution in [3.05, 3.63) is 65.6 Å². The maximum atomic E-state index is 11.7. The van der Waals surface area contributed by atoms with Crippen molar-refractivity contribution in [3.8, 4) is 5.75 Å². The molecular weight excluding hydrogens is 306 g/mol. The molecule has 3 rings (SSSR count). The summed E-state index contributed by atoms with van der Waals surface area (Å²) >= 11 is 0. The van der Waals surface area contributed by atoms with Crippen LogP contribution in [0.15, 0.2) is 48.8 Å². The number of pyridine rings is 1. The monoisotopic (exact) mass is 325 g/mol. The fourth-order valence-corrected chi connectivity index (χ4v) is 2.41. The second-order valence-electron chi connectivity index (χ2n) is 5.45. The van der Waals surface area contributed by atoms with Gasteiger partial charge < -0.3 is 19.6 Å². The summed E-state index contributed by atoms with van der Waals surface area (Å²) in [6.07, 6.45) is 3.90. The highest BCUT2D eigenvalue weighted by Gasteiger charge is 2.06. The number of hydrogen-bond acceptors (Lipinski definition) is 4. The standard InChI is InChI=1S/C18H19N3O3/c1-13-3-2-9-21-11-15(20-17(13)21)12-24-16-6-4-14(5-7-16)18(23)19-8-10-22/h2-7,9,11,22H,8,10,12H2,1H3,(H,19,23). The number of rotatable bonds is 6. The zero-order chi connectivity index (χ0) is 16.9. The largest absolute Gasteiger partial charge is 0.487 e. The second-order valence-corrected chi connectivity index (χ2v) is 5.45. The molecule has 0 aliphatic rings. The van der Waals surface area contributed by atoms with E-state index in [1.807, 2.05) is 35.9 Å². The Bertz CT molecular complexity index is 840. The van der Waals surface area contributed by atoms with Crippen LogP contribution in [0.3, 0.4) is 0 Å². The Morgan fingerprint density at radius 2 is 2.08 bits per heavy atom. The minimum atomic E-state index is -0.216. The van der Waals surface area contributed by atoms with Gasteiger partial charge in [-0.1, -0.05) is 6.07 Å². The van der Waals surface area contributed by atoms with Crippen LogP contribution in [0, 0.1) is 6.92 Å². The minimum Gasteiger partial charge on any atom is -0.487 e. The average Bonchev–Trinajstić information content (AvgIpc) is 3.03. The minimum absolute atomic E-state index is 0.0780. The highest BCUT2D eigenvalue weighted by molar-refractivity contribution is 5.94. The highest BCUT2D eigenvalue weighted by Crippen LogP contribution is 2.15. The topological polar surface area (TPSA) is 75.9 Å². The number of amides is 1. The molecule has 1 aromatic carbocycles. The number of carbonyl (C=O) groups excluding carboxylic acids is 1. The first-order valence-corrected chi connectivity index (χ1v) is 7.72. The summed E-state index contributed by atoms with van der Waals surface area (Å²) in [6, 6.07) is 10.9. The Balaban J connectivity index is 1.63. The van der Waals surface area contributed by atoms with E-state index in [2.05, 4.69) is 10.3 Å². The van der Waals surface area contributed by atoms with Crippen LogP contribution in [-0.2, 0) is 6.61 Å². The second kappa shape index (κ2) is 7.14. The van der Waals surface area contributed by atoms with Crippen LogP contribution in [0.1, 0.15) is 21.6 Å². The predicted molar refractivity (Wildman–Crippen MR) is 90.1 cm³/mol. The third-order valence-corrected chi connectivity index (χ3v) is 3.63. The molecule has 0 bridgehead atoms. The lowest BCUT2D eigenvalue weighted by Crippen LogP contribution is -2.26. The lowest BCUT2D eigenvalue weighted by Gasteiger charge is -2.06. The third kappa shape index (κ3) is 3.55. The van der Waals surface area contributed by atoms with Gasteiger partial charge in [0, 0.05) is 24.5 Å². The van der Waals surface area contributed by atoms with E-state index in [9.17, 15) is 4.79 Å². The van der Waals surface area contributed by atoms with Crippen molar-refractivity contribution < 1.29 is 14.6 Å². The van der Waals surface area contributed by atoms with Gasteiger partial charge in [-0.3, -0.25) is 4.79 Å². The van der Waals surface area contributed by atoms with E-state index in [-0.39, 0.29) is 19.1 Å². The van der Waals surface area contributed by atoms with Crippen molar-refractivity contribution in [2.24, 2.45) is 0 Å². The molecule has 124 valence electrons. The smallest absolute Gasteiger partial charge is 0.251 e. The molecule has 24 heavy (non-hydrogen) atoms. The van der Waals surface area contributed by atoms with E-state index >= 15 is 0 Å². The van der Waals surface area contributed by atoms with Crippen molar-refractivity contribution in [2.75, 3.05) is 13.2 Å². The van der Waals surface area contributed by atoms with Gasteiger partial charge in [-0.25, -0.2) is 4.98 Å². The maximum absolute atomic E-state index is 11.7. The summed E-state index contributed by atoms with van der Waals surface area (Å²) in [5.74, 6) is 0.453. The normalized spacial score (nSPS) is 10.8. The van der Waals surface area contributed by atoms with E-state index in [4.69, 9.17) is 9.84 Å². The van der Waals surface area contributed by atoms with Crippen molar-refractivity contribution in [1.82, 2.24) is 14.7 Å². The van der Waals surface area contributed by atoms with E-state index in [1.54, 1.807) is 24.3 Å². The number of aliphatic hydroxyl groups excluding tert-OH is 1. The van der Waals surface area contributed by atoms with Gasteiger partial charge in [-0.2, -0.15) is 0 Å². The zero-order valence-electron chi connectivity index (χ0n) is 13.4. The molecule has 0 spiro atoms. The molecule has 6 heteroatoms. The molecule has 0 fully saturated rings. The Kier molecular flexibility index (Phi) is 4.77. The van der Waals surface area contributed by atoms with Crippen LogP contribution < -0.4 is 10.1 Å². The van der Waals surface area contributed by atoms with Gasteiger partial charge in [0.25, 0.3) is 5.91 Å². The van der Waals surface area contributed by atoms with Crippen molar-refractivity contribution in [3.63, 3.8) is 0 Å². The highest BCUT2D eigenvalue weighted by atomic mass is 16.5. The molecule has 2 N–H and O–H groups in total. The predicted octanol–water partition coefficient (Wildman–Crippen LogP) is 1.94. The molecule has 0 atom stereocenters. The molecule has 0 saturated carbocycles. The molecule has 2 aromatic heterocycles. The van der Waals surface area contributed by atoms with E-state index in [0.29, 0.717) is 17.9 Å². The molecule has 0 saturated heterocycles. The summed E-state index contributed by atoms with van der Waals surface area (Å²) in [4.78, 5) is 16.3. The molecule has 1 amide bonds. The number of imidazole rings is 1. The number of carbonyl (C=O) groups is 1. The molecule has 0 aliphatic heterocycles. The lowest BCUT2D eigenvalue weighted by molar-refractivity contribution is 0.0944. The molecule has 0 unspecified atom stereocenters. The summed E-state index contributed by atoms with van der Waals surface area (Å²) in [6.45, 7) is 2.54. The number of aromatic nitrogens is 2. The first-order chi connectivity index (χ1) is 11.7. The molecule has 6 nitrogen and oxygen atoms in total. The Morgan fingerprint density at radius 1 is 1.29 bits per heavy atom. The molecule has 0 radical (unpaired) electrons. The number of hydrogen-bond donors (Lipinski definition) is 2. The van der Waals surface area contributed by atoms with Crippen molar-refractivity contribution >= 4 is 11.6 Å². The van der Waals surface area contributed by atoms with Gasteiger partial charge in [-0.15, -0.1) is 0 Å². The fourth-order valence-electron chi connectivity index (χ4n) is 2.41. The summed E-state index contributed by atoms with van der Waals surface area (Å²) in [5, 5.41) is 11.3. The van der Waals surface area contributed by atoms with Crippen LogP contribution >= 0.6 is 0 Å². The van der Waals surface area contributed by atoms with Gasteiger partial charge in [-0.05, 0) is 42.8 Å². The van der Waals surface area contributed by atoms with E-state index in [1.165, 1.54) is 0 Å². The van der Waals surface area contributed by atoms with Gasteiger partial charge in [0.2, 0.25) is 0 Å². The summed E-state index contributed by atoms with van der Waals surface area (Å²) < 4.78 is 7.70. The Hall–Kier alpha value is -2.86. The molecule has 2 heterocycles. The molecule has 0 aliphatic carbocycles. The Labute approximate surface area is 139 Å². The van der Waals surface area contributed by atoms with Crippen molar-refractivity contribution in [2.45, 2.75) is 13.5 Å². The number of nitrogens with one attached hydrogen (secondary N) is 1. The maximum Gasteiger partial charge on any atom is 0.251 e. The van der Waals surface area contributed by atoms with Gasteiger partial charge >= 0.3 is 0 Å². The average molecular weight is 325 g/mol. The SMILES string of the molecule is Cc1cccn2cc(COc3ccc(C(=O)NCCO)cc3)nc12. The van der Waals surface area contributed by atoms with E-state index in [0.717, 1.165) is 16.9 Å². The summed E-state index contributed by atoms with van der Waals surface area (Å²) in [5.41, 5.74) is 3.40. The van der Waals surface area contributed by atoms with Crippen molar-refractivity contribution in [1.29, 1.82) is 0 Å². The van der Waals surface area contributed by atoms with Crippen LogP contribution in [0.5, 0.6) is 5.75 Å². The third-order valence-electron chi connectivity index (χ3n) is 3.63. The van der Waals surface area contributed by atoms with Gasteiger partial charge in [0.05, 0.1) is 12.3 Å². The lowest BCUT2D eigenvalue weighted by atomic mass is 10.2. The number of aryl methyl sites for hydroxylation is 1. The fraction of sp³-hybridized carbons (Fsp3) is 0.222. The van der Waals surface area contributed by atoms with Gasteiger partial charge in [0.15, 0.2) is 0 Å². The number of fused-ring (bicyclic) bond motifs is 1. The van der Waals surface area contributed by atoms with Crippen LogP contribution in [-0.4, -0.2) is 33.6 Å². The molecule has 3 aromatic rings. The van der Waals surface area contributed by atoms with Crippen LogP contribution in [0.25, 0.3) is 5.65 Å². The van der Waals surface area contributed by atoms with E-state index < -0.39 is 0 Å². The van der Waals surface area contributed by atoms with Crippen LogP contribution in [0.2, 0.25) is 0 Å². The van der Waals surface area contributed by atoms with Gasteiger partial charge in [0.1, 0.15) is 18.0 Å². The number of nitrogens with zero attached hydrogens (tertiary/aromatic N) is 2. The van der Waals surface area contributed by atoms with Crippen LogP contribution in [0.4, 0.5) is 0 Å². The number of ether oxygens (including phenoxy) is 1. The molecular formula is C18H19N3O3. The zero-order valence-corrected chi connectivity index (χ0v) is 13.4. The number of aliphatic hydroxyl groups is 1. The first kappa shape index (κ1) is 16.0. The Morgan fingerprint density at radius 3 is 2.79 bits per heavy atom. The number of benzene rings is 1. The summed E-state index contributed by atoms with van der Waals surface area (Å²) in [7, 11) is 0. The quantitative estimate of drug-likeness (QED) is 0.726.